The van der Waals surface area contributed by atoms with Crippen molar-refractivity contribution in [2.45, 2.75) is 0 Å². The Bertz CT molecular complexity index is 999. The number of halogens is 4. The molecule has 0 unspecified atom stereocenters. The third-order valence-electron chi connectivity index (χ3n) is 3.30. The highest BCUT2D eigenvalue weighted by Gasteiger charge is 2.11. The molecular formula is C18H8Cl4N2O. The molecule has 0 saturated heterocycles. The maximum atomic E-state index is 9.28. The number of nitriles is 1. The van der Waals surface area contributed by atoms with Gasteiger partial charge in [0.2, 0.25) is 5.88 Å². The number of benzene rings is 2. The summed E-state index contributed by atoms with van der Waals surface area (Å²) in [5, 5.41) is 10.9. The topological polar surface area (TPSA) is 45.9 Å². The fourth-order valence-electron chi connectivity index (χ4n) is 2.07. The van der Waals surface area contributed by atoms with E-state index in [4.69, 9.17) is 51.1 Å². The average molecular weight is 410 g/mol. The maximum absolute atomic E-state index is 9.28. The molecule has 0 radical (unpaired) electrons. The molecular weight excluding hydrogens is 402 g/mol. The van der Waals surface area contributed by atoms with Crippen LogP contribution in [0.25, 0.3) is 11.3 Å². The maximum Gasteiger partial charge on any atom is 0.237 e. The van der Waals surface area contributed by atoms with Gasteiger partial charge >= 0.3 is 0 Å². The lowest BCUT2D eigenvalue weighted by Crippen LogP contribution is -1.94. The summed E-state index contributed by atoms with van der Waals surface area (Å²) in [5.41, 5.74) is 1.63. The van der Waals surface area contributed by atoms with E-state index >= 15 is 0 Å². The van der Waals surface area contributed by atoms with E-state index in [1.54, 1.807) is 48.5 Å². The molecule has 2 aromatic carbocycles. The van der Waals surface area contributed by atoms with Gasteiger partial charge in [0.25, 0.3) is 0 Å². The third-order valence-corrected chi connectivity index (χ3v) is 4.78. The second-order valence-electron chi connectivity index (χ2n) is 4.97. The fourth-order valence-corrected chi connectivity index (χ4v) is 2.66. The highest BCUT2D eigenvalue weighted by atomic mass is 35.5. The van der Waals surface area contributed by atoms with Gasteiger partial charge in [0.1, 0.15) is 17.4 Å². The summed E-state index contributed by atoms with van der Waals surface area (Å²) in [7, 11) is 0. The lowest BCUT2D eigenvalue weighted by molar-refractivity contribution is 0.462. The van der Waals surface area contributed by atoms with Gasteiger partial charge in [-0.05, 0) is 36.4 Å². The molecule has 0 saturated carbocycles. The van der Waals surface area contributed by atoms with Crippen molar-refractivity contribution >= 4 is 46.4 Å². The molecule has 3 nitrogen and oxygen atoms in total. The Balaban J connectivity index is 2.01. The zero-order valence-electron chi connectivity index (χ0n) is 12.4. The van der Waals surface area contributed by atoms with Crippen molar-refractivity contribution in [3.63, 3.8) is 0 Å². The van der Waals surface area contributed by atoms with Crippen LogP contribution in [0.4, 0.5) is 0 Å². The number of aromatic nitrogens is 1. The van der Waals surface area contributed by atoms with Crippen LogP contribution in [0, 0.1) is 11.3 Å². The Morgan fingerprint density at radius 3 is 2.12 bits per heavy atom. The molecule has 0 atom stereocenters. The monoisotopic (exact) mass is 408 g/mol. The van der Waals surface area contributed by atoms with Crippen LogP contribution in [0.15, 0.2) is 48.5 Å². The second-order valence-corrected chi connectivity index (χ2v) is 6.60. The van der Waals surface area contributed by atoms with E-state index < -0.39 is 0 Å². The molecule has 3 rings (SSSR count). The van der Waals surface area contributed by atoms with E-state index in [9.17, 15) is 5.26 Å². The summed E-state index contributed by atoms with van der Waals surface area (Å²) in [6.07, 6.45) is 0. The van der Waals surface area contributed by atoms with E-state index in [0.29, 0.717) is 31.5 Å². The minimum atomic E-state index is 0.157. The van der Waals surface area contributed by atoms with E-state index in [1.807, 2.05) is 6.07 Å². The first-order valence-electron chi connectivity index (χ1n) is 6.97. The Kier molecular flexibility index (Phi) is 5.36. The van der Waals surface area contributed by atoms with Crippen molar-refractivity contribution in [2.75, 3.05) is 0 Å². The Morgan fingerprint density at radius 1 is 0.800 bits per heavy atom. The van der Waals surface area contributed by atoms with Gasteiger partial charge in [-0.3, -0.25) is 0 Å². The first-order valence-corrected chi connectivity index (χ1v) is 8.48. The van der Waals surface area contributed by atoms with E-state index in [-0.39, 0.29) is 11.4 Å². The van der Waals surface area contributed by atoms with Gasteiger partial charge in [0, 0.05) is 11.6 Å². The molecule has 3 aromatic rings. The molecule has 25 heavy (non-hydrogen) atoms. The van der Waals surface area contributed by atoms with Crippen LogP contribution in [-0.2, 0) is 0 Å². The quantitative estimate of drug-likeness (QED) is 0.466. The van der Waals surface area contributed by atoms with Crippen LogP contribution in [-0.4, -0.2) is 4.98 Å². The largest absolute Gasteiger partial charge is 0.438 e. The summed E-state index contributed by atoms with van der Waals surface area (Å²) in [4.78, 5) is 4.41. The van der Waals surface area contributed by atoms with Crippen LogP contribution in [0.1, 0.15) is 5.56 Å². The second kappa shape index (κ2) is 7.51. The summed E-state index contributed by atoms with van der Waals surface area (Å²) >= 11 is 23.9. The molecule has 0 N–H and O–H groups in total. The molecule has 0 spiro atoms. The third kappa shape index (κ3) is 4.00. The van der Waals surface area contributed by atoms with Gasteiger partial charge in [-0.15, -0.1) is 0 Å². The standard InChI is InChI=1S/C18H8Cl4N2O/c19-13-4-1-10(7-15(13)21)17-6-2-11(9-23)18(24-17)25-12-3-5-14(20)16(22)8-12/h1-8H. The van der Waals surface area contributed by atoms with Crippen molar-refractivity contribution in [1.29, 1.82) is 5.26 Å². The number of ether oxygens (including phenoxy) is 1. The number of hydrogen-bond acceptors (Lipinski definition) is 3. The molecule has 7 heteroatoms. The van der Waals surface area contributed by atoms with Crippen molar-refractivity contribution < 1.29 is 4.74 Å². The minimum absolute atomic E-state index is 0.157. The molecule has 0 aliphatic heterocycles. The van der Waals surface area contributed by atoms with Crippen LogP contribution in [0.5, 0.6) is 11.6 Å². The minimum Gasteiger partial charge on any atom is -0.438 e. The SMILES string of the molecule is N#Cc1ccc(-c2ccc(Cl)c(Cl)c2)nc1Oc1ccc(Cl)c(Cl)c1. The van der Waals surface area contributed by atoms with Crippen molar-refractivity contribution in [1.82, 2.24) is 4.98 Å². The van der Waals surface area contributed by atoms with Crippen LogP contribution < -0.4 is 4.74 Å². The Labute approximate surface area is 164 Å². The van der Waals surface area contributed by atoms with Gasteiger partial charge in [0.15, 0.2) is 0 Å². The fraction of sp³-hybridized carbons (Fsp3) is 0. The average Bonchev–Trinajstić information content (AvgIpc) is 2.60. The number of hydrogen-bond donors (Lipinski definition) is 0. The van der Waals surface area contributed by atoms with Gasteiger partial charge in [0.05, 0.1) is 25.8 Å². The smallest absolute Gasteiger partial charge is 0.237 e. The molecule has 0 bridgehead atoms. The Morgan fingerprint density at radius 2 is 1.48 bits per heavy atom. The molecule has 0 aliphatic carbocycles. The van der Waals surface area contributed by atoms with E-state index in [2.05, 4.69) is 4.98 Å². The zero-order chi connectivity index (χ0) is 18.0. The summed E-state index contributed by atoms with van der Waals surface area (Å²) in [5.74, 6) is 0.578. The van der Waals surface area contributed by atoms with Crippen LogP contribution >= 0.6 is 46.4 Å². The number of rotatable bonds is 3. The predicted octanol–water partition coefficient (Wildman–Crippen LogP) is 7.03. The zero-order valence-corrected chi connectivity index (χ0v) is 15.5. The molecule has 0 amide bonds. The highest BCUT2D eigenvalue weighted by molar-refractivity contribution is 6.42. The van der Waals surface area contributed by atoms with Gasteiger partial charge in [-0.2, -0.15) is 5.26 Å². The van der Waals surface area contributed by atoms with Crippen LogP contribution in [0.3, 0.4) is 0 Å². The molecule has 1 aromatic heterocycles. The molecule has 0 fully saturated rings. The predicted molar refractivity (Wildman–Crippen MR) is 101 cm³/mol. The molecule has 124 valence electrons. The van der Waals surface area contributed by atoms with Crippen LogP contribution in [0.2, 0.25) is 20.1 Å². The van der Waals surface area contributed by atoms with E-state index in [1.165, 1.54) is 0 Å². The normalized spacial score (nSPS) is 10.4. The van der Waals surface area contributed by atoms with Gasteiger partial charge in [-0.1, -0.05) is 52.5 Å². The number of nitrogens with zero attached hydrogens (tertiary/aromatic N) is 2. The van der Waals surface area contributed by atoms with Crippen molar-refractivity contribution in [2.24, 2.45) is 0 Å². The van der Waals surface area contributed by atoms with Crippen molar-refractivity contribution in [3.05, 3.63) is 74.2 Å². The lowest BCUT2D eigenvalue weighted by Gasteiger charge is -2.10. The molecule has 1 heterocycles. The summed E-state index contributed by atoms with van der Waals surface area (Å²) in [6, 6.07) is 15.3. The van der Waals surface area contributed by atoms with E-state index in [0.717, 1.165) is 5.56 Å². The molecule has 0 aliphatic rings. The number of pyridine rings is 1. The lowest BCUT2D eigenvalue weighted by atomic mass is 10.1. The first-order chi connectivity index (χ1) is 12.0. The summed E-state index contributed by atoms with van der Waals surface area (Å²) < 4.78 is 5.72. The summed E-state index contributed by atoms with van der Waals surface area (Å²) in [6.45, 7) is 0. The van der Waals surface area contributed by atoms with Gasteiger partial charge < -0.3 is 4.74 Å². The highest BCUT2D eigenvalue weighted by Crippen LogP contribution is 2.32. The van der Waals surface area contributed by atoms with Crippen molar-refractivity contribution in [3.8, 4) is 29.0 Å². The Hall–Kier alpha value is -1.96. The first kappa shape index (κ1) is 17.8. The van der Waals surface area contributed by atoms with Gasteiger partial charge in [-0.25, -0.2) is 4.98 Å².